The molecule has 0 atom stereocenters. The number of nitrogens with zero attached hydrogens (tertiary/aromatic N) is 2. The molecular weight excluding hydrogens is 427 g/mol. The van der Waals surface area contributed by atoms with E-state index >= 15 is 0 Å². The van der Waals surface area contributed by atoms with Gasteiger partial charge in [0.2, 0.25) is 0 Å². The Labute approximate surface area is 166 Å². The van der Waals surface area contributed by atoms with E-state index in [1.165, 1.54) is 0 Å². The van der Waals surface area contributed by atoms with Crippen LogP contribution in [0.4, 0.5) is 0 Å². The van der Waals surface area contributed by atoms with E-state index in [4.69, 9.17) is 0 Å². The van der Waals surface area contributed by atoms with Crippen molar-refractivity contribution in [1.29, 1.82) is 0 Å². The summed E-state index contributed by atoms with van der Waals surface area (Å²) in [5, 5.41) is 6.53. The van der Waals surface area contributed by atoms with Crippen molar-refractivity contribution in [3.8, 4) is 0 Å². The Bertz CT molecular complexity index is 710. The van der Waals surface area contributed by atoms with Gasteiger partial charge in [-0.1, -0.05) is 37.3 Å². The zero-order valence-corrected chi connectivity index (χ0v) is 17.2. The number of halogens is 1. The molecule has 0 fully saturated rings. The third-order valence-electron chi connectivity index (χ3n) is 3.58. The maximum absolute atomic E-state index is 11.7. The minimum absolute atomic E-state index is 0. The Kier molecular flexibility index (Phi) is 9.91. The largest absolute Gasteiger partial charge is 0.357 e. The van der Waals surface area contributed by atoms with E-state index in [9.17, 15) is 4.79 Å². The molecule has 1 aromatic heterocycles. The zero-order chi connectivity index (χ0) is 17.2. The van der Waals surface area contributed by atoms with Crippen molar-refractivity contribution in [2.45, 2.75) is 33.4 Å². The fourth-order valence-corrected chi connectivity index (χ4v) is 2.29. The molecule has 0 saturated carbocycles. The van der Waals surface area contributed by atoms with Crippen LogP contribution in [0.1, 0.15) is 31.4 Å². The molecular formula is C19H27IN4O. The number of aliphatic imine (C=N–C) groups is 1. The smallest absolute Gasteiger partial charge is 0.250 e. The second-order valence-electron chi connectivity index (χ2n) is 5.61. The first-order valence-corrected chi connectivity index (χ1v) is 8.48. The number of nitrogens with one attached hydrogen (secondary N) is 2. The zero-order valence-electron chi connectivity index (χ0n) is 14.9. The van der Waals surface area contributed by atoms with Crippen LogP contribution in [0.5, 0.6) is 0 Å². The van der Waals surface area contributed by atoms with Gasteiger partial charge in [0.15, 0.2) is 5.96 Å². The highest BCUT2D eigenvalue weighted by Crippen LogP contribution is 2.07. The lowest BCUT2D eigenvalue weighted by Crippen LogP contribution is -2.37. The van der Waals surface area contributed by atoms with E-state index in [0.29, 0.717) is 13.1 Å². The molecule has 0 saturated heterocycles. The van der Waals surface area contributed by atoms with Crippen LogP contribution in [0.2, 0.25) is 0 Å². The van der Waals surface area contributed by atoms with Crippen molar-refractivity contribution < 1.29 is 0 Å². The third kappa shape index (κ3) is 7.29. The van der Waals surface area contributed by atoms with Gasteiger partial charge in [0.05, 0.1) is 13.1 Å². The van der Waals surface area contributed by atoms with Crippen molar-refractivity contribution in [2.75, 3.05) is 13.1 Å². The molecule has 25 heavy (non-hydrogen) atoms. The predicted molar refractivity (Wildman–Crippen MR) is 115 cm³/mol. The summed E-state index contributed by atoms with van der Waals surface area (Å²) in [6.45, 7) is 7.17. The van der Waals surface area contributed by atoms with Crippen LogP contribution in [-0.2, 0) is 13.1 Å². The quantitative estimate of drug-likeness (QED) is 0.384. The molecule has 0 spiro atoms. The van der Waals surface area contributed by atoms with E-state index < -0.39 is 0 Å². The van der Waals surface area contributed by atoms with Gasteiger partial charge in [-0.3, -0.25) is 4.79 Å². The van der Waals surface area contributed by atoms with E-state index in [-0.39, 0.29) is 29.5 Å². The average Bonchev–Trinajstić information content (AvgIpc) is 2.60. The van der Waals surface area contributed by atoms with Gasteiger partial charge < -0.3 is 15.2 Å². The van der Waals surface area contributed by atoms with E-state index in [0.717, 1.165) is 36.6 Å². The standard InChI is InChI=1S/C19H26N4O.HI/c1-3-12-21-19(20-4-2)22-14-16-8-10-17(11-9-16)15-23-13-6-5-7-18(23)24;/h5-11,13H,3-4,12,14-15H2,1-2H3,(H2,20,21,22);1H. The Morgan fingerprint density at radius 3 is 2.40 bits per heavy atom. The summed E-state index contributed by atoms with van der Waals surface area (Å²) in [5.74, 6) is 0.847. The van der Waals surface area contributed by atoms with Crippen LogP contribution in [0, 0.1) is 0 Å². The van der Waals surface area contributed by atoms with Crippen LogP contribution in [0.3, 0.4) is 0 Å². The Morgan fingerprint density at radius 2 is 1.76 bits per heavy atom. The molecule has 6 heteroatoms. The normalized spacial score (nSPS) is 10.9. The SMILES string of the molecule is CCCNC(=NCc1ccc(Cn2ccccc2=O)cc1)NCC.I. The minimum atomic E-state index is 0. The molecule has 1 aromatic carbocycles. The van der Waals surface area contributed by atoms with Gasteiger partial charge in [-0.15, -0.1) is 24.0 Å². The summed E-state index contributed by atoms with van der Waals surface area (Å²) < 4.78 is 1.70. The van der Waals surface area contributed by atoms with Gasteiger partial charge >= 0.3 is 0 Å². The predicted octanol–water partition coefficient (Wildman–Crippen LogP) is 2.98. The summed E-state index contributed by atoms with van der Waals surface area (Å²) in [4.78, 5) is 16.3. The Hall–Kier alpha value is -1.83. The van der Waals surface area contributed by atoms with Crippen molar-refractivity contribution in [2.24, 2.45) is 4.99 Å². The molecule has 0 amide bonds. The summed E-state index contributed by atoms with van der Waals surface area (Å²) >= 11 is 0. The highest BCUT2D eigenvalue weighted by molar-refractivity contribution is 14.0. The van der Waals surface area contributed by atoms with Crippen molar-refractivity contribution in [3.63, 3.8) is 0 Å². The van der Waals surface area contributed by atoms with Gasteiger partial charge in [-0.05, 0) is 30.5 Å². The summed E-state index contributed by atoms with van der Waals surface area (Å²) in [6, 6.07) is 13.4. The topological polar surface area (TPSA) is 58.4 Å². The minimum Gasteiger partial charge on any atom is -0.357 e. The maximum Gasteiger partial charge on any atom is 0.250 e. The first-order chi connectivity index (χ1) is 11.7. The highest BCUT2D eigenvalue weighted by atomic mass is 127. The number of rotatable bonds is 7. The first kappa shape index (κ1) is 21.2. The summed E-state index contributed by atoms with van der Waals surface area (Å²) in [5.41, 5.74) is 2.27. The Balaban J connectivity index is 0.00000312. The van der Waals surface area contributed by atoms with Gasteiger partial charge in [0.25, 0.3) is 5.56 Å². The molecule has 0 aliphatic rings. The molecule has 5 nitrogen and oxygen atoms in total. The van der Waals surface area contributed by atoms with Crippen LogP contribution in [-0.4, -0.2) is 23.6 Å². The fraction of sp³-hybridized carbons (Fsp3) is 0.368. The molecule has 136 valence electrons. The van der Waals surface area contributed by atoms with Crippen LogP contribution in [0.15, 0.2) is 58.4 Å². The molecule has 2 rings (SSSR count). The number of pyridine rings is 1. The molecule has 0 unspecified atom stereocenters. The number of hydrogen-bond donors (Lipinski definition) is 2. The molecule has 0 aliphatic carbocycles. The van der Waals surface area contributed by atoms with E-state index in [2.05, 4.69) is 53.7 Å². The number of guanidine groups is 1. The van der Waals surface area contributed by atoms with Crippen LogP contribution in [0.25, 0.3) is 0 Å². The van der Waals surface area contributed by atoms with Gasteiger partial charge in [-0.2, -0.15) is 0 Å². The number of aromatic nitrogens is 1. The van der Waals surface area contributed by atoms with E-state index in [1.54, 1.807) is 16.7 Å². The second-order valence-corrected chi connectivity index (χ2v) is 5.61. The average molecular weight is 454 g/mol. The lowest BCUT2D eigenvalue weighted by Gasteiger charge is -2.10. The fourth-order valence-electron chi connectivity index (χ4n) is 2.29. The maximum atomic E-state index is 11.7. The molecule has 2 N–H and O–H groups in total. The highest BCUT2D eigenvalue weighted by Gasteiger charge is 1.99. The molecule has 0 aliphatic heterocycles. The molecule has 0 bridgehead atoms. The van der Waals surface area contributed by atoms with Gasteiger partial charge in [0.1, 0.15) is 0 Å². The Morgan fingerprint density at radius 1 is 1.04 bits per heavy atom. The van der Waals surface area contributed by atoms with Gasteiger partial charge in [-0.25, -0.2) is 4.99 Å². The van der Waals surface area contributed by atoms with Crippen molar-refractivity contribution in [1.82, 2.24) is 15.2 Å². The molecule has 0 radical (unpaired) electrons. The summed E-state index contributed by atoms with van der Waals surface area (Å²) in [7, 11) is 0. The van der Waals surface area contributed by atoms with E-state index in [1.807, 2.05) is 12.3 Å². The summed E-state index contributed by atoms with van der Waals surface area (Å²) in [6.07, 6.45) is 2.88. The van der Waals surface area contributed by atoms with Crippen molar-refractivity contribution in [3.05, 3.63) is 70.1 Å². The second kappa shape index (κ2) is 11.7. The lowest BCUT2D eigenvalue weighted by molar-refractivity contribution is 0.758. The number of hydrogen-bond acceptors (Lipinski definition) is 2. The van der Waals surface area contributed by atoms with Crippen LogP contribution >= 0.6 is 24.0 Å². The van der Waals surface area contributed by atoms with Crippen LogP contribution < -0.4 is 16.2 Å². The lowest BCUT2D eigenvalue weighted by atomic mass is 10.1. The first-order valence-electron chi connectivity index (χ1n) is 8.48. The molecule has 2 aromatic rings. The van der Waals surface area contributed by atoms with Gasteiger partial charge in [0, 0.05) is 25.4 Å². The number of benzene rings is 1. The molecule has 1 heterocycles. The monoisotopic (exact) mass is 454 g/mol. The van der Waals surface area contributed by atoms with Crippen molar-refractivity contribution >= 4 is 29.9 Å². The third-order valence-corrected chi connectivity index (χ3v) is 3.58.